The van der Waals surface area contributed by atoms with Gasteiger partial charge in [0.2, 0.25) is 0 Å². The fourth-order valence-corrected chi connectivity index (χ4v) is 3.62. The van der Waals surface area contributed by atoms with E-state index >= 15 is 0 Å². The maximum Gasteiger partial charge on any atom is 0.164 e. The number of aryl methyl sites for hydroxylation is 1. The summed E-state index contributed by atoms with van der Waals surface area (Å²) in [5, 5.41) is 0. The minimum absolute atomic E-state index is 0.115. The van der Waals surface area contributed by atoms with E-state index in [-0.39, 0.29) is 5.41 Å². The SMILES string of the molecule is CCCCC1(c2ccccc2)CC(=O)c2ccc(C)cc21. The van der Waals surface area contributed by atoms with Crippen molar-refractivity contribution in [3.05, 3.63) is 70.8 Å². The van der Waals surface area contributed by atoms with Crippen LogP contribution in [0, 0.1) is 6.92 Å². The largest absolute Gasteiger partial charge is 0.294 e. The summed E-state index contributed by atoms with van der Waals surface area (Å²) in [6.45, 7) is 4.32. The van der Waals surface area contributed by atoms with Gasteiger partial charge in [-0.15, -0.1) is 0 Å². The van der Waals surface area contributed by atoms with Gasteiger partial charge in [-0.05, 0) is 24.5 Å². The Kier molecular flexibility index (Phi) is 3.67. The highest BCUT2D eigenvalue weighted by Gasteiger charge is 2.43. The summed E-state index contributed by atoms with van der Waals surface area (Å²) >= 11 is 0. The lowest BCUT2D eigenvalue weighted by Gasteiger charge is -2.31. The van der Waals surface area contributed by atoms with Gasteiger partial charge in [-0.1, -0.05) is 73.9 Å². The van der Waals surface area contributed by atoms with Crippen molar-refractivity contribution in [2.45, 2.75) is 44.9 Å². The molecule has 0 amide bonds. The first-order valence-corrected chi connectivity index (χ1v) is 7.87. The molecule has 0 aliphatic heterocycles. The van der Waals surface area contributed by atoms with Crippen molar-refractivity contribution in [3.8, 4) is 0 Å². The Morgan fingerprint density at radius 2 is 1.86 bits per heavy atom. The Morgan fingerprint density at radius 1 is 1.10 bits per heavy atom. The number of ketones is 1. The van der Waals surface area contributed by atoms with Crippen molar-refractivity contribution < 1.29 is 4.79 Å². The molecule has 21 heavy (non-hydrogen) atoms. The Labute approximate surface area is 127 Å². The van der Waals surface area contributed by atoms with E-state index in [4.69, 9.17) is 0 Å². The van der Waals surface area contributed by atoms with Gasteiger partial charge < -0.3 is 0 Å². The average molecular weight is 278 g/mol. The lowest BCUT2D eigenvalue weighted by Crippen LogP contribution is -2.25. The summed E-state index contributed by atoms with van der Waals surface area (Å²) in [4.78, 5) is 12.5. The fourth-order valence-electron chi connectivity index (χ4n) is 3.62. The smallest absolute Gasteiger partial charge is 0.164 e. The van der Waals surface area contributed by atoms with Gasteiger partial charge in [0.15, 0.2) is 5.78 Å². The van der Waals surface area contributed by atoms with Gasteiger partial charge >= 0.3 is 0 Å². The second-order valence-electron chi connectivity index (χ2n) is 6.20. The number of unbranched alkanes of at least 4 members (excludes halogenated alkanes) is 1. The van der Waals surface area contributed by atoms with Crippen LogP contribution in [-0.2, 0) is 5.41 Å². The van der Waals surface area contributed by atoms with E-state index < -0.39 is 0 Å². The molecule has 0 heterocycles. The van der Waals surface area contributed by atoms with Crippen LogP contribution in [0.3, 0.4) is 0 Å². The molecule has 2 aromatic carbocycles. The highest BCUT2D eigenvalue weighted by molar-refractivity contribution is 6.03. The Hall–Kier alpha value is -1.89. The zero-order chi connectivity index (χ0) is 14.9. The van der Waals surface area contributed by atoms with Crippen molar-refractivity contribution in [1.29, 1.82) is 0 Å². The number of Topliss-reactive ketones (excluding diaryl/α,β-unsaturated/α-hetero) is 1. The van der Waals surface area contributed by atoms with Crippen LogP contribution in [0.2, 0.25) is 0 Å². The summed E-state index contributed by atoms with van der Waals surface area (Å²) in [6.07, 6.45) is 3.98. The van der Waals surface area contributed by atoms with Crippen molar-refractivity contribution in [3.63, 3.8) is 0 Å². The van der Waals surface area contributed by atoms with E-state index in [9.17, 15) is 4.79 Å². The molecule has 1 nitrogen and oxygen atoms in total. The third-order valence-corrected chi connectivity index (χ3v) is 4.74. The third kappa shape index (κ3) is 2.31. The topological polar surface area (TPSA) is 17.1 Å². The second-order valence-corrected chi connectivity index (χ2v) is 6.20. The molecule has 0 saturated carbocycles. The van der Waals surface area contributed by atoms with Crippen LogP contribution >= 0.6 is 0 Å². The van der Waals surface area contributed by atoms with Gasteiger partial charge in [-0.3, -0.25) is 4.79 Å². The van der Waals surface area contributed by atoms with Crippen molar-refractivity contribution in [2.75, 3.05) is 0 Å². The molecule has 1 heteroatoms. The molecule has 1 aliphatic rings. The van der Waals surface area contributed by atoms with Crippen LogP contribution in [0.5, 0.6) is 0 Å². The molecule has 2 aromatic rings. The fraction of sp³-hybridized carbons (Fsp3) is 0.350. The second kappa shape index (κ2) is 5.48. The quantitative estimate of drug-likeness (QED) is 0.764. The van der Waals surface area contributed by atoms with Crippen LogP contribution in [0.1, 0.15) is 59.7 Å². The molecule has 0 N–H and O–H groups in total. The van der Waals surface area contributed by atoms with Gasteiger partial charge in [0, 0.05) is 17.4 Å². The summed E-state index contributed by atoms with van der Waals surface area (Å²) in [5.74, 6) is 0.296. The van der Waals surface area contributed by atoms with E-state index in [1.54, 1.807) is 0 Å². The number of rotatable bonds is 4. The molecule has 0 saturated heterocycles. The predicted octanol–water partition coefficient (Wildman–Crippen LogP) is 5.06. The molecule has 1 aliphatic carbocycles. The number of benzene rings is 2. The molecule has 1 atom stereocenters. The summed E-state index contributed by atoms with van der Waals surface area (Å²) in [6, 6.07) is 16.9. The predicted molar refractivity (Wildman–Crippen MR) is 86.9 cm³/mol. The number of hydrogen-bond donors (Lipinski definition) is 0. The van der Waals surface area contributed by atoms with E-state index in [2.05, 4.69) is 50.2 Å². The lowest BCUT2D eigenvalue weighted by molar-refractivity contribution is 0.0977. The molecule has 0 fully saturated rings. The van der Waals surface area contributed by atoms with Crippen LogP contribution < -0.4 is 0 Å². The maximum absolute atomic E-state index is 12.5. The molecule has 0 aromatic heterocycles. The van der Waals surface area contributed by atoms with Gasteiger partial charge in [0.1, 0.15) is 0 Å². The molecule has 0 bridgehead atoms. The van der Waals surface area contributed by atoms with Gasteiger partial charge in [0.25, 0.3) is 0 Å². The van der Waals surface area contributed by atoms with Crippen molar-refractivity contribution >= 4 is 5.78 Å². The van der Waals surface area contributed by atoms with Crippen LogP contribution in [0.15, 0.2) is 48.5 Å². The highest BCUT2D eigenvalue weighted by atomic mass is 16.1. The van der Waals surface area contributed by atoms with Gasteiger partial charge in [0.05, 0.1) is 0 Å². The molecule has 108 valence electrons. The van der Waals surface area contributed by atoms with Crippen molar-refractivity contribution in [2.24, 2.45) is 0 Å². The standard InChI is InChI=1S/C20H22O/c1-3-4-12-20(16-8-6-5-7-9-16)14-19(21)17-11-10-15(2)13-18(17)20/h5-11,13H,3-4,12,14H2,1-2H3. The number of hydrogen-bond acceptors (Lipinski definition) is 1. The molecular weight excluding hydrogens is 256 g/mol. The zero-order valence-electron chi connectivity index (χ0n) is 12.9. The zero-order valence-corrected chi connectivity index (χ0v) is 12.9. The van der Waals surface area contributed by atoms with Crippen LogP contribution in [-0.4, -0.2) is 5.78 Å². The maximum atomic E-state index is 12.5. The average Bonchev–Trinajstić information content (AvgIpc) is 2.79. The molecule has 0 spiro atoms. The van der Waals surface area contributed by atoms with E-state index in [0.29, 0.717) is 12.2 Å². The molecular formula is C20H22O. The van der Waals surface area contributed by atoms with Gasteiger partial charge in [-0.2, -0.15) is 0 Å². The van der Waals surface area contributed by atoms with E-state index in [1.807, 2.05) is 12.1 Å². The first kappa shape index (κ1) is 14.1. The minimum Gasteiger partial charge on any atom is -0.294 e. The summed E-state index contributed by atoms with van der Waals surface area (Å²) < 4.78 is 0. The van der Waals surface area contributed by atoms with Gasteiger partial charge in [-0.25, -0.2) is 0 Å². The first-order chi connectivity index (χ1) is 10.2. The minimum atomic E-state index is -0.115. The van der Waals surface area contributed by atoms with Crippen molar-refractivity contribution in [1.82, 2.24) is 0 Å². The molecule has 0 radical (unpaired) electrons. The Bertz CT molecular complexity index is 657. The first-order valence-electron chi connectivity index (χ1n) is 7.87. The lowest BCUT2D eigenvalue weighted by atomic mass is 9.72. The number of carbonyl (C=O) groups is 1. The summed E-state index contributed by atoms with van der Waals surface area (Å²) in [7, 11) is 0. The molecule has 1 unspecified atom stereocenters. The Balaban J connectivity index is 2.19. The van der Waals surface area contributed by atoms with Crippen LogP contribution in [0.25, 0.3) is 0 Å². The highest BCUT2D eigenvalue weighted by Crippen LogP contribution is 2.47. The van der Waals surface area contributed by atoms with E-state index in [1.165, 1.54) is 16.7 Å². The van der Waals surface area contributed by atoms with E-state index in [0.717, 1.165) is 24.8 Å². The Morgan fingerprint density at radius 3 is 2.57 bits per heavy atom. The monoisotopic (exact) mass is 278 g/mol. The third-order valence-electron chi connectivity index (χ3n) is 4.74. The summed E-state index contributed by atoms with van der Waals surface area (Å²) in [5.41, 5.74) is 4.58. The molecule has 3 rings (SSSR count). The normalized spacial score (nSPS) is 20.6. The number of carbonyl (C=O) groups excluding carboxylic acids is 1. The van der Waals surface area contributed by atoms with Crippen LogP contribution in [0.4, 0.5) is 0 Å². The number of fused-ring (bicyclic) bond motifs is 1.